The van der Waals surface area contributed by atoms with Crippen molar-refractivity contribution in [2.75, 3.05) is 0 Å². The van der Waals surface area contributed by atoms with Crippen molar-refractivity contribution in [3.63, 3.8) is 0 Å². The van der Waals surface area contributed by atoms with Crippen LogP contribution in [0.4, 0.5) is 0 Å². The molecule has 3 aliphatic carbocycles. The van der Waals surface area contributed by atoms with Crippen LogP contribution in [0.15, 0.2) is 48.5 Å². The molecule has 10 rings (SSSR count). The van der Waals surface area contributed by atoms with Crippen molar-refractivity contribution in [3.05, 3.63) is 113 Å². The zero-order chi connectivity index (χ0) is 59.1. The Morgan fingerprint density at radius 3 is 1.23 bits per heavy atom. The predicted octanol–water partition coefficient (Wildman–Crippen LogP) is 26.4. The van der Waals surface area contributed by atoms with Gasteiger partial charge in [-0.1, -0.05) is 209 Å². The van der Waals surface area contributed by atoms with E-state index in [1.165, 1.54) is 184 Å². The van der Waals surface area contributed by atoms with Crippen molar-refractivity contribution in [1.82, 2.24) is 0 Å². The molecule has 0 spiro atoms. The third-order valence-electron chi connectivity index (χ3n) is 20.1. The van der Waals surface area contributed by atoms with Gasteiger partial charge in [-0.3, -0.25) is 9.59 Å². The molecular weight excluding hydrogens is 1140 g/mol. The monoisotopic (exact) mass is 1240 g/mol. The Bertz CT molecular complexity index is 3330. The Morgan fingerprint density at radius 1 is 0.357 bits per heavy atom. The van der Waals surface area contributed by atoms with Crippen LogP contribution in [-0.2, 0) is 23.7 Å². The van der Waals surface area contributed by atoms with Crippen LogP contribution in [0.2, 0.25) is 0 Å². The smallest absolute Gasteiger partial charge is 0.197 e. The summed E-state index contributed by atoms with van der Waals surface area (Å²) in [7, 11) is 0. The van der Waals surface area contributed by atoms with Gasteiger partial charge in [0.1, 0.15) is 0 Å². The van der Waals surface area contributed by atoms with E-state index >= 15 is 9.59 Å². The fourth-order valence-electron chi connectivity index (χ4n) is 15.3. The molecule has 7 aromatic rings. The van der Waals surface area contributed by atoms with Gasteiger partial charge in [-0.25, -0.2) is 0 Å². The minimum atomic E-state index is -0.0292. The van der Waals surface area contributed by atoms with Crippen LogP contribution in [0.1, 0.15) is 309 Å². The Hall–Kier alpha value is -3.24. The number of carbonyl (C=O) groups is 2. The third kappa shape index (κ3) is 12.6. The van der Waals surface area contributed by atoms with Crippen LogP contribution in [0.25, 0.3) is 50.1 Å². The number of hydrogen-bond acceptors (Lipinski definition) is 8. The predicted molar refractivity (Wildman–Crippen MR) is 374 cm³/mol. The lowest BCUT2D eigenvalue weighted by atomic mass is 9.68. The van der Waals surface area contributed by atoms with E-state index in [1.54, 1.807) is 55.4 Å². The van der Waals surface area contributed by atoms with Crippen molar-refractivity contribution >= 4 is 79.6 Å². The molecule has 84 heavy (non-hydrogen) atoms. The standard InChI is InChI=1S/C76H100O2S6/c1-11-19-25-29-39-75(40-30-26-20-12-2)55-47-54-56(46-53(55)71-57(75)43-50(10)80-71)76(41-31-27-21-13-3,42-32-28-22-14-4)58-48-62(83-72(54)58)59-37-38-61(81-59)74-68-67(73(84-74)60-36-35-49(9)79-60)69(77)65-63(44-51(17-7)33-23-15-5)82-64(66(65)70(68)78)45-52(18-8)34-24-16-6/h35-38,43,46-48,51-52H,11-34,39-42,44-45H2,1-10H3. The number of hydrogen-bond donors (Lipinski definition) is 0. The molecule has 0 aliphatic heterocycles. The minimum Gasteiger partial charge on any atom is -0.288 e. The molecule has 0 fully saturated rings. The van der Waals surface area contributed by atoms with Crippen molar-refractivity contribution < 1.29 is 9.59 Å². The lowest BCUT2D eigenvalue weighted by molar-refractivity contribution is 0.0980. The zero-order valence-electron chi connectivity index (χ0n) is 53.3. The van der Waals surface area contributed by atoms with Gasteiger partial charge in [-0.05, 0) is 146 Å². The van der Waals surface area contributed by atoms with E-state index in [0.29, 0.717) is 23.0 Å². The molecule has 2 nitrogen and oxygen atoms in total. The van der Waals surface area contributed by atoms with Gasteiger partial charge in [0.2, 0.25) is 0 Å². The van der Waals surface area contributed by atoms with Gasteiger partial charge >= 0.3 is 0 Å². The molecule has 3 aliphatic rings. The van der Waals surface area contributed by atoms with E-state index in [2.05, 4.69) is 140 Å². The summed E-state index contributed by atoms with van der Waals surface area (Å²) in [5.74, 6) is 1.18. The van der Waals surface area contributed by atoms with E-state index in [4.69, 9.17) is 0 Å². The molecule has 2 unspecified atom stereocenters. The van der Waals surface area contributed by atoms with Crippen LogP contribution in [0.5, 0.6) is 0 Å². The lowest BCUT2D eigenvalue weighted by Crippen LogP contribution is -2.27. The molecule has 0 radical (unpaired) electrons. The maximum absolute atomic E-state index is 16.0. The van der Waals surface area contributed by atoms with Gasteiger partial charge in [0.25, 0.3) is 0 Å². The van der Waals surface area contributed by atoms with Crippen molar-refractivity contribution in [2.45, 2.75) is 273 Å². The van der Waals surface area contributed by atoms with Gasteiger partial charge in [0.05, 0.1) is 20.9 Å². The second kappa shape index (κ2) is 28.9. The molecule has 2 atom stereocenters. The molecule has 8 heteroatoms. The van der Waals surface area contributed by atoms with E-state index in [9.17, 15) is 0 Å². The number of fused-ring (bicyclic) bond motifs is 8. The summed E-state index contributed by atoms with van der Waals surface area (Å²) < 4.78 is 0. The summed E-state index contributed by atoms with van der Waals surface area (Å²) in [6.45, 7) is 23.1. The van der Waals surface area contributed by atoms with Gasteiger partial charge in [0, 0.05) is 70.7 Å². The number of rotatable bonds is 35. The first-order valence-electron chi connectivity index (χ1n) is 34.0. The highest BCUT2D eigenvalue weighted by Gasteiger charge is 2.50. The lowest BCUT2D eigenvalue weighted by Gasteiger charge is -2.34. The van der Waals surface area contributed by atoms with Crippen LogP contribution in [-0.4, -0.2) is 11.6 Å². The second-order valence-corrected chi connectivity index (χ2v) is 32.9. The molecule has 0 amide bonds. The second-order valence-electron chi connectivity index (χ2n) is 26.0. The number of aryl methyl sites for hydroxylation is 2. The fraction of sp³-hybridized carbons (Fsp3) is 0.579. The Balaban J connectivity index is 1.11. The van der Waals surface area contributed by atoms with Crippen molar-refractivity contribution in [2.24, 2.45) is 11.8 Å². The zero-order valence-corrected chi connectivity index (χ0v) is 58.2. The van der Waals surface area contributed by atoms with E-state index in [1.807, 2.05) is 22.7 Å². The highest BCUT2D eigenvalue weighted by Crippen LogP contribution is 2.65. The van der Waals surface area contributed by atoms with Gasteiger partial charge in [0.15, 0.2) is 11.6 Å². The molecule has 6 heterocycles. The van der Waals surface area contributed by atoms with E-state index < -0.39 is 0 Å². The molecular formula is C76H100O2S6. The summed E-state index contributed by atoms with van der Waals surface area (Å²) in [6, 6.07) is 19.9. The summed E-state index contributed by atoms with van der Waals surface area (Å²) in [5.41, 5.74) is 12.5. The number of carbonyl (C=O) groups excluding carboxylic acids is 2. The molecule has 0 bridgehead atoms. The van der Waals surface area contributed by atoms with Crippen LogP contribution < -0.4 is 0 Å². The number of unbranched alkanes of at least 4 members (excludes halogenated alkanes) is 14. The normalized spacial score (nSPS) is 15.2. The fourth-order valence-corrected chi connectivity index (χ4v) is 22.7. The van der Waals surface area contributed by atoms with Crippen LogP contribution in [0.3, 0.4) is 0 Å². The molecule has 0 saturated carbocycles. The van der Waals surface area contributed by atoms with Gasteiger partial charge < -0.3 is 0 Å². The van der Waals surface area contributed by atoms with E-state index in [-0.39, 0.29) is 22.4 Å². The molecule has 0 saturated heterocycles. The summed E-state index contributed by atoms with van der Waals surface area (Å²) in [4.78, 5) is 46.8. The van der Waals surface area contributed by atoms with Gasteiger partial charge in [-0.15, -0.1) is 68.0 Å². The topological polar surface area (TPSA) is 34.1 Å². The van der Waals surface area contributed by atoms with Crippen LogP contribution in [0, 0.1) is 25.7 Å². The van der Waals surface area contributed by atoms with E-state index in [0.717, 1.165) is 78.9 Å². The summed E-state index contributed by atoms with van der Waals surface area (Å²) in [6.07, 6.45) is 36.4. The summed E-state index contributed by atoms with van der Waals surface area (Å²) >= 11 is 11.3. The third-order valence-corrected chi connectivity index (χ3v) is 27.4. The first-order valence-corrected chi connectivity index (χ1v) is 38.9. The average Bonchev–Trinajstić information content (AvgIpc) is 1.65. The Kier molecular flexibility index (Phi) is 22.0. The maximum atomic E-state index is 16.0. The summed E-state index contributed by atoms with van der Waals surface area (Å²) in [5, 5.41) is 0. The van der Waals surface area contributed by atoms with Crippen molar-refractivity contribution in [1.29, 1.82) is 0 Å². The van der Waals surface area contributed by atoms with Crippen molar-refractivity contribution in [3.8, 4) is 50.1 Å². The first-order chi connectivity index (χ1) is 40.9. The highest BCUT2D eigenvalue weighted by molar-refractivity contribution is 7.29. The number of ketones is 2. The molecule has 1 aromatic carbocycles. The largest absolute Gasteiger partial charge is 0.288 e. The SMILES string of the molecule is CCCCCCC1(CCCCCC)c2cc3c(cc2-c2sc(C)cc21)C(CCCCCC)(CCCCCC)c1cc(-c2ccc(-c4sc(-c5ccc(C)s5)c5c4C(=O)c4c(CC(CC)CCCC)sc(CC(CC)CCCC)c4C5=O)s2)sc1-3. The number of benzene rings is 1. The van der Waals surface area contributed by atoms with Gasteiger partial charge in [-0.2, -0.15) is 0 Å². The highest BCUT2D eigenvalue weighted by atomic mass is 32.1. The Labute approximate surface area is 532 Å². The minimum absolute atomic E-state index is 0.0292. The quantitative estimate of drug-likeness (QED) is 0.0371. The average molecular weight is 1240 g/mol. The molecule has 6 aromatic heterocycles. The Morgan fingerprint density at radius 2 is 0.786 bits per heavy atom. The molecule has 0 N–H and O–H groups in total. The number of thiophene rings is 6. The molecule has 452 valence electrons. The van der Waals surface area contributed by atoms with Crippen LogP contribution >= 0.6 is 68.0 Å². The maximum Gasteiger partial charge on any atom is 0.197 e. The first kappa shape index (κ1) is 63.8.